The summed E-state index contributed by atoms with van der Waals surface area (Å²) in [6, 6.07) is 11.6. The molecule has 10 heteroatoms. The Morgan fingerprint density at radius 3 is 2.55 bits per heavy atom. The number of hydrogen-bond donors (Lipinski definition) is 0. The Labute approximate surface area is 189 Å². The van der Waals surface area contributed by atoms with Crippen molar-refractivity contribution in [2.75, 3.05) is 26.3 Å². The lowest BCUT2D eigenvalue weighted by atomic mass is 10.2. The molecule has 0 atom stereocenters. The predicted octanol–water partition coefficient (Wildman–Crippen LogP) is 3.53. The summed E-state index contributed by atoms with van der Waals surface area (Å²) < 4.78 is 35.0. The molecule has 3 aromatic rings. The van der Waals surface area contributed by atoms with Crippen molar-refractivity contribution in [3.05, 3.63) is 57.9 Å². The van der Waals surface area contributed by atoms with Crippen LogP contribution in [0.15, 0.2) is 52.4 Å². The Morgan fingerprint density at radius 1 is 1.16 bits per heavy atom. The zero-order valence-corrected chi connectivity index (χ0v) is 19.3. The number of morpholine rings is 1. The molecule has 1 saturated heterocycles. The fourth-order valence-electron chi connectivity index (χ4n) is 3.46. The highest BCUT2D eigenvalue weighted by molar-refractivity contribution is 7.89. The average molecular weight is 480 g/mol. The molecule has 2 aromatic carbocycles. The third-order valence-electron chi connectivity index (χ3n) is 5.01. The third-order valence-corrected chi connectivity index (χ3v) is 8.27. The van der Waals surface area contributed by atoms with Gasteiger partial charge in [-0.2, -0.15) is 9.30 Å². The predicted molar refractivity (Wildman–Crippen MR) is 121 cm³/mol. The number of aromatic nitrogens is 1. The van der Waals surface area contributed by atoms with Gasteiger partial charge in [0.15, 0.2) is 4.80 Å². The molecule has 0 saturated carbocycles. The minimum absolute atomic E-state index is 0.153. The maximum absolute atomic E-state index is 12.8. The molecule has 0 spiro atoms. The topological polar surface area (TPSA) is 81.0 Å². The first-order chi connectivity index (χ1) is 14.9. The maximum Gasteiger partial charge on any atom is 0.279 e. The van der Waals surface area contributed by atoms with Crippen molar-refractivity contribution in [1.29, 1.82) is 0 Å². The smallest absolute Gasteiger partial charge is 0.279 e. The zero-order chi connectivity index (χ0) is 22.0. The van der Waals surface area contributed by atoms with Crippen molar-refractivity contribution in [3.8, 4) is 0 Å². The summed E-state index contributed by atoms with van der Waals surface area (Å²) in [5.41, 5.74) is 1.20. The first-order valence-corrected chi connectivity index (χ1v) is 12.6. The number of halogens is 1. The number of thiazole rings is 1. The summed E-state index contributed by atoms with van der Waals surface area (Å²) in [7, 11) is -3.60. The Balaban J connectivity index is 1.66. The number of aryl methyl sites for hydroxylation is 1. The van der Waals surface area contributed by atoms with E-state index in [1.54, 1.807) is 0 Å². The fraction of sp³-hybridized carbons (Fsp3) is 0.333. The number of hydrogen-bond acceptors (Lipinski definition) is 5. The average Bonchev–Trinajstić information content (AvgIpc) is 3.13. The second-order valence-corrected chi connectivity index (χ2v) is 10.4. The van der Waals surface area contributed by atoms with E-state index in [9.17, 15) is 13.2 Å². The van der Waals surface area contributed by atoms with Gasteiger partial charge in [0, 0.05) is 25.2 Å². The standard InChI is InChI=1S/C21H22ClN3O4S2/c1-2-10-25-19-17(22)4-3-5-18(19)30-21(25)23-20(26)15-6-8-16(9-7-15)31(27,28)24-11-13-29-14-12-24/h3-9H,2,10-14H2,1H3. The quantitative estimate of drug-likeness (QED) is 0.560. The van der Waals surface area contributed by atoms with Crippen molar-refractivity contribution in [2.45, 2.75) is 24.8 Å². The van der Waals surface area contributed by atoms with Crippen LogP contribution >= 0.6 is 22.9 Å². The van der Waals surface area contributed by atoms with Gasteiger partial charge in [0.05, 0.1) is 33.3 Å². The third kappa shape index (κ3) is 4.47. The molecule has 31 heavy (non-hydrogen) atoms. The van der Waals surface area contributed by atoms with Crippen LogP contribution in [0.1, 0.15) is 23.7 Å². The van der Waals surface area contributed by atoms with E-state index in [0.717, 1.165) is 16.6 Å². The zero-order valence-electron chi connectivity index (χ0n) is 17.0. The molecule has 1 aliphatic rings. The van der Waals surface area contributed by atoms with Gasteiger partial charge >= 0.3 is 0 Å². The van der Waals surface area contributed by atoms with E-state index in [1.807, 2.05) is 29.7 Å². The number of sulfonamides is 1. The highest BCUT2D eigenvalue weighted by Crippen LogP contribution is 2.25. The summed E-state index contributed by atoms with van der Waals surface area (Å²) >= 11 is 7.78. The van der Waals surface area contributed by atoms with E-state index < -0.39 is 15.9 Å². The molecule has 1 aromatic heterocycles. The maximum atomic E-state index is 12.8. The van der Waals surface area contributed by atoms with Gasteiger partial charge in [-0.05, 0) is 42.8 Å². The van der Waals surface area contributed by atoms with E-state index in [0.29, 0.717) is 48.2 Å². The Hall–Kier alpha value is -2.04. The number of rotatable bonds is 5. The van der Waals surface area contributed by atoms with Crippen molar-refractivity contribution >= 4 is 49.1 Å². The van der Waals surface area contributed by atoms with Crippen LogP contribution in [0.3, 0.4) is 0 Å². The first kappa shape index (κ1) is 22.2. The Bertz CT molecular complexity index is 1270. The molecule has 0 N–H and O–H groups in total. The van der Waals surface area contributed by atoms with Gasteiger partial charge in [-0.3, -0.25) is 4.79 Å². The molecule has 164 valence electrons. The van der Waals surface area contributed by atoms with Gasteiger partial charge in [0.1, 0.15) is 0 Å². The van der Waals surface area contributed by atoms with Crippen LogP contribution in [-0.4, -0.2) is 49.5 Å². The van der Waals surface area contributed by atoms with Gasteiger partial charge in [-0.1, -0.05) is 35.9 Å². The highest BCUT2D eigenvalue weighted by Gasteiger charge is 2.26. The number of benzene rings is 2. The second-order valence-electron chi connectivity index (χ2n) is 7.08. The largest absolute Gasteiger partial charge is 0.379 e. The fourth-order valence-corrected chi connectivity index (χ4v) is 6.28. The van der Waals surface area contributed by atoms with Crippen LogP contribution in [0.4, 0.5) is 0 Å². The van der Waals surface area contributed by atoms with Crippen LogP contribution in [0.5, 0.6) is 0 Å². The summed E-state index contributed by atoms with van der Waals surface area (Å²) in [5, 5.41) is 0.619. The van der Waals surface area contributed by atoms with E-state index in [4.69, 9.17) is 16.3 Å². The van der Waals surface area contributed by atoms with E-state index in [-0.39, 0.29) is 4.90 Å². The van der Waals surface area contributed by atoms with Gasteiger partial charge in [-0.15, -0.1) is 0 Å². The summed E-state index contributed by atoms with van der Waals surface area (Å²) in [5.74, 6) is -0.428. The number of amides is 1. The van der Waals surface area contributed by atoms with Gasteiger partial charge < -0.3 is 9.30 Å². The molecule has 1 aliphatic heterocycles. The van der Waals surface area contributed by atoms with Gasteiger partial charge in [-0.25, -0.2) is 8.42 Å². The number of fused-ring (bicyclic) bond motifs is 1. The van der Waals surface area contributed by atoms with Crippen LogP contribution in [0.2, 0.25) is 5.02 Å². The van der Waals surface area contributed by atoms with Crippen molar-refractivity contribution in [2.24, 2.45) is 4.99 Å². The first-order valence-electron chi connectivity index (χ1n) is 9.96. The van der Waals surface area contributed by atoms with Gasteiger partial charge in [0.2, 0.25) is 10.0 Å². The van der Waals surface area contributed by atoms with E-state index in [2.05, 4.69) is 4.99 Å². The monoisotopic (exact) mass is 479 g/mol. The number of nitrogens with zero attached hydrogens (tertiary/aromatic N) is 3. The highest BCUT2D eigenvalue weighted by atomic mass is 35.5. The van der Waals surface area contributed by atoms with E-state index in [1.165, 1.54) is 39.9 Å². The van der Waals surface area contributed by atoms with Crippen LogP contribution < -0.4 is 4.80 Å². The number of ether oxygens (including phenoxy) is 1. The summed E-state index contributed by atoms with van der Waals surface area (Å²) in [6.45, 7) is 4.14. The minimum atomic E-state index is -3.60. The van der Waals surface area contributed by atoms with Crippen molar-refractivity contribution in [1.82, 2.24) is 8.87 Å². The SMILES string of the molecule is CCCn1c(=NC(=O)c2ccc(S(=O)(=O)N3CCOCC3)cc2)sc2cccc(Cl)c21. The Kier molecular flexibility index (Phi) is 6.59. The number of carbonyl (C=O) groups is 1. The lowest BCUT2D eigenvalue weighted by Gasteiger charge is -2.26. The van der Waals surface area contributed by atoms with E-state index >= 15 is 0 Å². The second kappa shape index (κ2) is 9.22. The van der Waals surface area contributed by atoms with Crippen LogP contribution in [0.25, 0.3) is 10.2 Å². The molecule has 2 heterocycles. The number of carbonyl (C=O) groups excluding carboxylic acids is 1. The molecule has 0 unspecified atom stereocenters. The van der Waals surface area contributed by atoms with Crippen molar-refractivity contribution < 1.29 is 17.9 Å². The molecule has 1 fully saturated rings. The van der Waals surface area contributed by atoms with Crippen LogP contribution in [-0.2, 0) is 21.3 Å². The number of para-hydroxylation sites is 1. The van der Waals surface area contributed by atoms with Crippen LogP contribution in [0, 0.1) is 0 Å². The molecular weight excluding hydrogens is 458 g/mol. The summed E-state index contributed by atoms with van der Waals surface area (Å²) in [6.07, 6.45) is 0.868. The molecule has 4 rings (SSSR count). The Morgan fingerprint density at radius 2 is 1.87 bits per heavy atom. The molecule has 0 radical (unpaired) electrons. The molecular formula is C21H22ClN3O4S2. The minimum Gasteiger partial charge on any atom is -0.379 e. The van der Waals surface area contributed by atoms with Gasteiger partial charge in [0.25, 0.3) is 5.91 Å². The summed E-state index contributed by atoms with van der Waals surface area (Å²) in [4.78, 5) is 17.9. The van der Waals surface area contributed by atoms with Crippen molar-refractivity contribution in [3.63, 3.8) is 0 Å². The molecule has 1 amide bonds. The molecule has 0 bridgehead atoms. The normalized spacial score (nSPS) is 16.1. The lowest BCUT2D eigenvalue weighted by Crippen LogP contribution is -2.40. The molecule has 0 aliphatic carbocycles. The lowest BCUT2D eigenvalue weighted by molar-refractivity contribution is 0.0730. The molecule has 7 nitrogen and oxygen atoms in total.